The number of amides is 2. The average molecular weight is 295 g/mol. The molecule has 3 nitrogen and oxygen atoms in total. The molecular weight excluding hydrogens is 272 g/mol. The van der Waals surface area contributed by atoms with Crippen molar-refractivity contribution in [3.63, 3.8) is 0 Å². The molecule has 4 heteroatoms. The summed E-state index contributed by atoms with van der Waals surface area (Å²) < 4.78 is 0. The number of hydrogen-bond donors (Lipinski definition) is 1. The van der Waals surface area contributed by atoms with Crippen molar-refractivity contribution in [2.75, 3.05) is 11.9 Å². The Morgan fingerprint density at radius 2 is 2.15 bits per heavy atom. The number of urea groups is 1. The van der Waals surface area contributed by atoms with Crippen LogP contribution in [0.2, 0.25) is 5.02 Å². The van der Waals surface area contributed by atoms with E-state index in [-0.39, 0.29) is 12.1 Å². The van der Waals surface area contributed by atoms with Crippen LogP contribution < -0.4 is 5.32 Å². The number of anilines is 1. The first-order valence-corrected chi connectivity index (χ1v) is 7.60. The zero-order chi connectivity index (χ0) is 14.9. The van der Waals surface area contributed by atoms with Gasteiger partial charge < -0.3 is 10.2 Å². The molecule has 0 radical (unpaired) electrons. The van der Waals surface area contributed by atoms with Crippen LogP contribution in [0.25, 0.3) is 0 Å². The first kappa shape index (κ1) is 15.2. The maximum Gasteiger partial charge on any atom is 0.322 e. The van der Waals surface area contributed by atoms with Crippen molar-refractivity contribution < 1.29 is 4.79 Å². The van der Waals surface area contributed by atoms with Gasteiger partial charge in [-0.3, -0.25) is 0 Å². The van der Waals surface area contributed by atoms with Gasteiger partial charge in [-0.25, -0.2) is 4.79 Å². The summed E-state index contributed by atoms with van der Waals surface area (Å²) in [5, 5.41) is 3.62. The minimum Gasteiger partial charge on any atom is -0.322 e. The highest BCUT2D eigenvalue weighted by atomic mass is 35.5. The van der Waals surface area contributed by atoms with Gasteiger partial charge in [0.05, 0.1) is 0 Å². The summed E-state index contributed by atoms with van der Waals surface area (Å²) in [6.07, 6.45) is 1.23. The number of hydrogen-bond acceptors (Lipinski definition) is 1. The van der Waals surface area contributed by atoms with Crippen molar-refractivity contribution in [1.29, 1.82) is 0 Å². The fourth-order valence-electron chi connectivity index (χ4n) is 2.30. The van der Waals surface area contributed by atoms with Gasteiger partial charge >= 0.3 is 6.03 Å². The van der Waals surface area contributed by atoms with Crippen LogP contribution in [0.15, 0.2) is 18.2 Å². The van der Waals surface area contributed by atoms with Gasteiger partial charge in [0.1, 0.15) is 0 Å². The van der Waals surface area contributed by atoms with Gasteiger partial charge in [0, 0.05) is 23.3 Å². The van der Waals surface area contributed by atoms with E-state index in [2.05, 4.69) is 26.1 Å². The van der Waals surface area contributed by atoms with E-state index in [0.717, 1.165) is 23.7 Å². The highest BCUT2D eigenvalue weighted by Crippen LogP contribution is 2.38. The lowest BCUT2D eigenvalue weighted by Crippen LogP contribution is -2.41. The Hall–Kier alpha value is -1.22. The number of nitrogens with one attached hydrogen (secondary N) is 1. The van der Waals surface area contributed by atoms with Crippen molar-refractivity contribution in [2.45, 2.75) is 40.2 Å². The van der Waals surface area contributed by atoms with Crippen LogP contribution in [-0.2, 0) is 0 Å². The minimum absolute atomic E-state index is 0.0426. The van der Waals surface area contributed by atoms with Crippen LogP contribution in [0, 0.1) is 18.8 Å². The number of nitrogens with zero attached hydrogens (tertiary/aromatic N) is 1. The summed E-state index contributed by atoms with van der Waals surface area (Å²) in [5.74, 6) is 1.41. The summed E-state index contributed by atoms with van der Waals surface area (Å²) >= 11 is 6.09. The lowest BCUT2D eigenvalue weighted by atomic mass is 10.2. The normalized spacial score (nSPS) is 20.9. The molecule has 0 bridgehead atoms. The van der Waals surface area contributed by atoms with E-state index in [1.165, 1.54) is 6.42 Å². The monoisotopic (exact) mass is 294 g/mol. The first-order valence-electron chi connectivity index (χ1n) is 7.22. The molecule has 0 aromatic heterocycles. The molecular formula is C16H23ClN2O. The molecule has 1 saturated carbocycles. The van der Waals surface area contributed by atoms with Crippen LogP contribution >= 0.6 is 11.6 Å². The fourth-order valence-corrected chi connectivity index (χ4v) is 2.48. The molecule has 20 heavy (non-hydrogen) atoms. The zero-order valence-electron chi connectivity index (χ0n) is 12.6. The molecule has 0 unspecified atom stereocenters. The van der Waals surface area contributed by atoms with E-state index in [1.807, 2.05) is 24.0 Å². The number of carbonyl (C=O) groups is 1. The summed E-state index contributed by atoms with van der Waals surface area (Å²) in [4.78, 5) is 14.3. The van der Waals surface area contributed by atoms with Crippen molar-refractivity contribution >= 4 is 23.3 Å². The summed E-state index contributed by atoms with van der Waals surface area (Å²) in [6, 6.07) is 5.76. The topological polar surface area (TPSA) is 32.3 Å². The van der Waals surface area contributed by atoms with Gasteiger partial charge in [0.25, 0.3) is 0 Å². The van der Waals surface area contributed by atoms with Gasteiger partial charge in [-0.1, -0.05) is 24.6 Å². The molecule has 1 aromatic rings. The van der Waals surface area contributed by atoms with Crippen molar-refractivity contribution in [1.82, 2.24) is 4.90 Å². The minimum atomic E-state index is -0.0426. The fraction of sp³-hybridized carbons (Fsp3) is 0.562. The maximum absolute atomic E-state index is 12.4. The summed E-state index contributed by atoms with van der Waals surface area (Å²) in [6.45, 7) is 9.12. The molecule has 0 saturated heterocycles. The smallest absolute Gasteiger partial charge is 0.322 e. The Balaban J connectivity index is 2.01. The summed E-state index contributed by atoms with van der Waals surface area (Å²) in [5.41, 5.74) is 1.76. The van der Waals surface area contributed by atoms with E-state index in [4.69, 9.17) is 11.6 Å². The lowest BCUT2D eigenvalue weighted by Gasteiger charge is -2.27. The van der Waals surface area contributed by atoms with Crippen LogP contribution in [0.3, 0.4) is 0 Å². The summed E-state index contributed by atoms with van der Waals surface area (Å²) in [7, 11) is 0. The molecule has 1 fully saturated rings. The molecule has 1 N–H and O–H groups in total. The Labute approximate surface area is 126 Å². The Kier molecular flexibility index (Phi) is 4.59. The molecule has 2 rings (SSSR count). The van der Waals surface area contributed by atoms with Gasteiger partial charge in [-0.2, -0.15) is 0 Å². The number of rotatable bonds is 4. The molecule has 1 aliphatic rings. The average Bonchev–Trinajstić information content (AvgIpc) is 3.06. The van der Waals surface area contributed by atoms with E-state index >= 15 is 0 Å². The SMILES string of the molecule is Cc1ccc(NC(=O)N(C[C@H]2C[C@@H]2C)C(C)C)cc1Cl. The molecule has 0 spiro atoms. The third-order valence-corrected chi connectivity index (χ3v) is 4.42. The standard InChI is InChI=1S/C16H23ClN2O/c1-10(2)19(9-13-7-12(13)4)16(20)18-14-6-5-11(3)15(17)8-14/h5-6,8,10,12-13H,7,9H2,1-4H3,(H,18,20)/t12-,13+/m0/s1. The highest BCUT2D eigenvalue weighted by Gasteiger charge is 2.35. The Morgan fingerprint density at radius 3 is 2.65 bits per heavy atom. The van der Waals surface area contributed by atoms with Gasteiger partial charge in [-0.15, -0.1) is 0 Å². The van der Waals surface area contributed by atoms with Crippen molar-refractivity contribution in [3.8, 4) is 0 Å². The number of carbonyl (C=O) groups excluding carboxylic acids is 1. The molecule has 1 aromatic carbocycles. The lowest BCUT2D eigenvalue weighted by molar-refractivity contribution is 0.193. The molecule has 2 amide bonds. The third kappa shape index (κ3) is 3.66. The van der Waals surface area contributed by atoms with E-state index in [0.29, 0.717) is 10.9 Å². The Morgan fingerprint density at radius 1 is 1.50 bits per heavy atom. The molecule has 110 valence electrons. The number of halogens is 1. The first-order chi connectivity index (χ1) is 9.38. The van der Waals surface area contributed by atoms with Crippen LogP contribution in [0.4, 0.5) is 10.5 Å². The van der Waals surface area contributed by atoms with Crippen LogP contribution in [-0.4, -0.2) is 23.5 Å². The molecule has 0 aliphatic heterocycles. The van der Waals surface area contributed by atoms with Crippen molar-refractivity contribution in [3.05, 3.63) is 28.8 Å². The van der Waals surface area contributed by atoms with Gasteiger partial charge in [0.2, 0.25) is 0 Å². The van der Waals surface area contributed by atoms with E-state index in [9.17, 15) is 4.79 Å². The zero-order valence-corrected chi connectivity index (χ0v) is 13.4. The maximum atomic E-state index is 12.4. The molecule has 2 atom stereocenters. The Bertz CT molecular complexity index is 501. The third-order valence-electron chi connectivity index (χ3n) is 4.01. The highest BCUT2D eigenvalue weighted by molar-refractivity contribution is 6.31. The largest absolute Gasteiger partial charge is 0.322 e. The predicted molar refractivity (Wildman–Crippen MR) is 84.3 cm³/mol. The predicted octanol–water partition coefficient (Wildman–Crippen LogP) is 4.55. The quantitative estimate of drug-likeness (QED) is 0.868. The van der Waals surface area contributed by atoms with Gasteiger partial charge in [-0.05, 0) is 56.7 Å². The molecule has 0 heterocycles. The second-order valence-corrected chi connectivity index (χ2v) is 6.52. The second kappa shape index (κ2) is 6.04. The number of benzene rings is 1. The van der Waals surface area contributed by atoms with E-state index in [1.54, 1.807) is 6.07 Å². The van der Waals surface area contributed by atoms with Crippen LogP contribution in [0.1, 0.15) is 32.8 Å². The van der Waals surface area contributed by atoms with Crippen molar-refractivity contribution in [2.24, 2.45) is 11.8 Å². The molecule has 1 aliphatic carbocycles. The number of aryl methyl sites for hydroxylation is 1. The van der Waals surface area contributed by atoms with Crippen LogP contribution in [0.5, 0.6) is 0 Å². The second-order valence-electron chi connectivity index (χ2n) is 6.11. The van der Waals surface area contributed by atoms with Gasteiger partial charge in [0.15, 0.2) is 0 Å². The van der Waals surface area contributed by atoms with E-state index < -0.39 is 0 Å².